The third-order valence-electron chi connectivity index (χ3n) is 3.06. The molecule has 1 aromatic carbocycles. The van der Waals surface area contributed by atoms with E-state index in [1.807, 2.05) is 19.1 Å². The van der Waals surface area contributed by atoms with Gasteiger partial charge in [-0.2, -0.15) is 0 Å². The van der Waals surface area contributed by atoms with Gasteiger partial charge in [0.15, 0.2) is 6.61 Å². The number of nitrogens with zero attached hydrogens (tertiary/aromatic N) is 1. The summed E-state index contributed by atoms with van der Waals surface area (Å²) in [5, 5.41) is 9.05. The summed E-state index contributed by atoms with van der Waals surface area (Å²) in [5.74, 6) is 1.99. The molecule has 0 saturated carbocycles. The first-order valence-corrected chi connectivity index (χ1v) is 6.70. The van der Waals surface area contributed by atoms with E-state index in [2.05, 4.69) is 0 Å². The molecule has 1 heterocycles. The number of aliphatic hydroxyl groups excluding tert-OH is 1. The van der Waals surface area contributed by atoms with Crippen LogP contribution in [0.5, 0.6) is 5.75 Å². The van der Waals surface area contributed by atoms with E-state index in [1.54, 1.807) is 36.2 Å². The highest BCUT2D eigenvalue weighted by atomic mass is 16.5. The van der Waals surface area contributed by atoms with Crippen molar-refractivity contribution in [3.05, 3.63) is 53.5 Å². The van der Waals surface area contributed by atoms with Gasteiger partial charge in [-0.15, -0.1) is 0 Å². The first-order valence-electron chi connectivity index (χ1n) is 6.70. The van der Waals surface area contributed by atoms with Crippen LogP contribution in [-0.4, -0.2) is 29.6 Å². The first kappa shape index (κ1) is 15.1. The zero-order chi connectivity index (χ0) is 15.2. The van der Waals surface area contributed by atoms with E-state index in [0.29, 0.717) is 12.3 Å². The third kappa shape index (κ3) is 4.36. The van der Waals surface area contributed by atoms with E-state index < -0.39 is 0 Å². The second kappa shape index (κ2) is 6.95. The summed E-state index contributed by atoms with van der Waals surface area (Å²) in [4.78, 5) is 13.5. The van der Waals surface area contributed by atoms with E-state index in [-0.39, 0.29) is 19.1 Å². The second-order valence-electron chi connectivity index (χ2n) is 4.86. The minimum absolute atomic E-state index is 0.0505. The van der Waals surface area contributed by atoms with Crippen molar-refractivity contribution in [3.63, 3.8) is 0 Å². The molecular formula is C16H19NO4. The van der Waals surface area contributed by atoms with Crippen LogP contribution >= 0.6 is 0 Å². The van der Waals surface area contributed by atoms with E-state index >= 15 is 0 Å². The predicted octanol–water partition coefficient (Wildman–Crippen LogP) is 2.12. The Morgan fingerprint density at radius 1 is 1.33 bits per heavy atom. The number of furan rings is 1. The lowest BCUT2D eigenvalue weighted by atomic mass is 10.2. The van der Waals surface area contributed by atoms with Crippen molar-refractivity contribution in [2.45, 2.75) is 20.1 Å². The zero-order valence-corrected chi connectivity index (χ0v) is 12.2. The maximum atomic E-state index is 12.0. The Kier molecular flexibility index (Phi) is 5.00. The molecule has 5 nitrogen and oxygen atoms in total. The summed E-state index contributed by atoms with van der Waals surface area (Å²) in [6.07, 6.45) is 0. The van der Waals surface area contributed by atoms with E-state index in [9.17, 15) is 4.79 Å². The highest BCUT2D eigenvalue weighted by Gasteiger charge is 2.12. The highest BCUT2D eigenvalue weighted by molar-refractivity contribution is 5.77. The van der Waals surface area contributed by atoms with E-state index in [1.165, 1.54) is 0 Å². The van der Waals surface area contributed by atoms with Crippen molar-refractivity contribution in [2.24, 2.45) is 0 Å². The molecule has 0 aliphatic carbocycles. The molecule has 5 heteroatoms. The van der Waals surface area contributed by atoms with Crippen LogP contribution in [0, 0.1) is 6.92 Å². The Morgan fingerprint density at radius 2 is 2.14 bits per heavy atom. The summed E-state index contributed by atoms with van der Waals surface area (Å²) in [5.41, 5.74) is 0.749. The molecule has 0 aliphatic heterocycles. The van der Waals surface area contributed by atoms with Gasteiger partial charge in [-0.05, 0) is 36.8 Å². The molecule has 1 amide bonds. The molecule has 1 N–H and O–H groups in total. The number of carbonyl (C=O) groups is 1. The lowest BCUT2D eigenvalue weighted by Gasteiger charge is -2.16. The molecule has 0 unspecified atom stereocenters. The quantitative estimate of drug-likeness (QED) is 0.884. The predicted molar refractivity (Wildman–Crippen MR) is 77.8 cm³/mol. The van der Waals surface area contributed by atoms with Crippen LogP contribution in [0.1, 0.15) is 17.1 Å². The molecule has 1 aromatic heterocycles. The van der Waals surface area contributed by atoms with Crippen molar-refractivity contribution in [3.8, 4) is 5.75 Å². The van der Waals surface area contributed by atoms with Crippen molar-refractivity contribution < 1.29 is 19.1 Å². The number of likely N-dealkylation sites (N-methyl/N-ethyl adjacent to an activating group) is 1. The second-order valence-corrected chi connectivity index (χ2v) is 4.86. The Hall–Kier alpha value is -2.27. The van der Waals surface area contributed by atoms with Crippen molar-refractivity contribution in [1.82, 2.24) is 4.90 Å². The molecule has 0 saturated heterocycles. The smallest absolute Gasteiger partial charge is 0.260 e. The lowest BCUT2D eigenvalue weighted by molar-refractivity contribution is -0.132. The molecule has 0 bridgehead atoms. The minimum Gasteiger partial charge on any atom is -0.484 e. The Morgan fingerprint density at radius 3 is 2.81 bits per heavy atom. The molecular weight excluding hydrogens is 270 g/mol. The van der Waals surface area contributed by atoms with Crippen LogP contribution in [0.25, 0.3) is 0 Å². The number of hydrogen-bond acceptors (Lipinski definition) is 4. The van der Waals surface area contributed by atoms with E-state index in [4.69, 9.17) is 14.3 Å². The molecule has 0 spiro atoms. The van der Waals surface area contributed by atoms with Gasteiger partial charge in [0.25, 0.3) is 5.91 Å². The van der Waals surface area contributed by atoms with Crippen molar-refractivity contribution in [1.29, 1.82) is 0 Å². The number of hydrogen-bond donors (Lipinski definition) is 1. The average molecular weight is 289 g/mol. The molecule has 21 heavy (non-hydrogen) atoms. The third-order valence-corrected chi connectivity index (χ3v) is 3.06. The van der Waals surface area contributed by atoms with Gasteiger partial charge in [-0.3, -0.25) is 4.79 Å². The summed E-state index contributed by atoms with van der Waals surface area (Å²) in [6, 6.07) is 10.8. The molecule has 0 radical (unpaired) electrons. The summed E-state index contributed by atoms with van der Waals surface area (Å²) in [6.45, 7) is 2.17. The fourth-order valence-electron chi connectivity index (χ4n) is 1.88. The van der Waals surface area contributed by atoms with Gasteiger partial charge < -0.3 is 19.2 Å². The normalized spacial score (nSPS) is 10.4. The summed E-state index contributed by atoms with van der Waals surface area (Å²) in [7, 11) is 1.70. The Labute approximate surface area is 123 Å². The van der Waals surface area contributed by atoms with Crippen molar-refractivity contribution in [2.75, 3.05) is 13.7 Å². The standard InChI is InChI=1S/C16H19NO4/c1-12-6-7-15(21-12)9-17(2)16(19)11-20-14-5-3-4-13(8-14)10-18/h3-8,18H,9-11H2,1-2H3. The van der Waals surface area contributed by atoms with Gasteiger partial charge in [-0.25, -0.2) is 0 Å². The highest BCUT2D eigenvalue weighted by Crippen LogP contribution is 2.14. The van der Waals surface area contributed by atoms with Crippen LogP contribution in [-0.2, 0) is 17.9 Å². The van der Waals surface area contributed by atoms with Crippen LogP contribution in [0.2, 0.25) is 0 Å². The maximum Gasteiger partial charge on any atom is 0.260 e. The molecule has 2 rings (SSSR count). The van der Waals surface area contributed by atoms with Gasteiger partial charge in [0.1, 0.15) is 17.3 Å². The average Bonchev–Trinajstić information content (AvgIpc) is 2.90. The number of ether oxygens (including phenoxy) is 1. The van der Waals surface area contributed by atoms with Crippen LogP contribution in [0.3, 0.4) is 0 Å². The van der Waals surface area contributed by atoms with E-state index in [0.717, 1.165) is 17.1 Å². The first-order chi connectivity index (χ1) is 10.1. The molecule has 2 aromatic rings. The largest absolute Gasteiger partial charge is 0.484 e. The Balaban J connectivity index is 1.85. The van der Waals surface area contributed by atoms with Gasteiger partial charge in [0.05, 0.1) is 13.2 Å². The summed E-state index contributed by atoms with van der Waals surface area (Å²) < 4.78 is 10.9. The minimum atomic E-state index is -0.140. The summed E-state index contributed by atoms with van der Waals surface area (Å²) >= 11 is 0. The molecule has 0 atom stereocenters. The van der Waals surface area contributed by atoms with Gasteiger partial charge in [-0.1, -0.05) is 12.1 Å². The van der Waals surface area contributed by atoms with Gasteiger partial charge in [0, 0.05) is 7.05 Å². The maximum absolute atomic E-state index is 12.0. The number of aryl methyl sites for hydroxylation is 1. The van der Waals surface area contributed by atoms with Crippen molar-refractivity contribution >= 4 is 5.91 Å². The molecule has 0 fully saturated rings. The number of aliphatic hydroxyl groups is 1. The molecule has 112 valence electrons. The lowest BCUT2D eigenvalue weighted by Crippen LogP contribution is -2.30. The number of benzene rings is 1. The number of amides is 1. The van der Waals surface area contributed by atoms with Crippen LogP contribution in [0.4, 0.5) is 0 Å². The van der Waals surface area contributed by atoms with Crippen LogP contribution < -0.4 is 4.74 Å². The van der Waals surface area contributed by atoms with Gasteiger partial charge >= 0.3 is 0 Å². The fraction of sp³-hybridized carbons (Fsp3) is 0.312. The van der Waals surface area contributed by atoms with Gasteiger partial charge in [0.2, 0.25) is 0 Å². The number of rotatable bonds is 6. The SMILES string of the molecule is Cc1ccc(CN(C)C(=O)COc2cccc(CO)c2)o1. The Bertz CT molecular complexity index is 606. The fourth-order valence-corrected chi connectivity index (χ4v) is 1.88. The number of carbonyl (C=O) groups excluding carboxylic acids is 1. The monoisotopic (exact) mass is 289 g/mol. The molecule has 0 aliphatic rings. The van der Waals surface area contributed by atoms with Crippen LogP contribution in [0.15, 0.2) is 40.8 Å². The topological polar surface area (TPSA) is 62.9 Å². The zero-order valence-electron chi connectivity index (χ0n) is 12.2.